The van der Waals surface area contributed by atoms with Crippen LogP contribution in [0, 0.1) is 0 Å². The molecule has 0 saturated heterocycles. The average molecular weight is 303 g/mol. The molecule has 0 rings (SSSR count). The summed E-state index contributed by atoms with van der Waals surface area (Å²) in [6.07, 6.45) is 2.05. The topological polar surface area (TPSA) is 215 Å². The van der Waals surface area contributed by atoms with Crippen LogP contribution in [-0.2, 0) is 26.4 Å². The van der Waals surface area contributed by atoms with E-state index in [4.69, 9.17) is 10.2 Å². The average Bonchev–Trinajstić information content (AvgIpc) is 1.87. The van der Waals surface area contributed by atoms with E-state index in [2.05, 4.69) is 0 Å². The van der Waals surface area contributed by atoms with E-state index in [9.17, 15) is 9.59 Å². The summed E-state index contributed by atoms with van der Waals surface area (Å²) >= 11 is 0. The van der Waals surface area contributed by atoms with E-state index in [0.29, 0.717) is 12.8 Å². The smallest absolute Gasteiger partial charge is 0.303 e. The van der Waals surface area contributed by atoms with Crippen LogP contribution in [0.1, 0.15) is 39.5 Å². The molecule has 8 nitrogen and oxygen atoms in total. The van der Waals surface area contributed by atoms with Gasteiger partial charge in [0.15, 0.2) is 0 Å². The van der Waals surface area contributed by atoms with Crippen molar-refractivity contribution in [2.24, 2.45) is 0 Å². The fourth-order valence-corrected chi connectivity index (χ4v) is 0.428. The molecule has 17 heavy (non-hydrogen) atoms. The van der Waals surface area contributed by atoms with Gasteiger partial charge in [-0.05, 0) is 12.8 Å². The van der Waals surface area contributed by atoms with E-state index in [1.54, 1.807) is 0 Å². The first-order valence-electron chi connectivity index (χ1n) is 3.98. The van der Waals surface area contributed by atoms with E-state index >= 15 is 0 Å². The minimum absolute atomic E-state index is 0. The first-order valence-corrected chi connectivity index (χ1v) is 3.98. The second kappa shape index (κ2) is 36.2. The van der Waals surface area contributed by atoms with Crippen molar-refractivity contribution in [1.29, 1.82) is 0 Å². The molecule has 1 radical (unpaired) electrons. The third-order valence-electron chi connectivity index (χ3n) is 0.928. The number of hydrogen-bond donors (Lipinski definition) is 6. The first-order chi connectivity index (χ1) is 5.54. The van der Waals surface area contributed by atoms with Gasteiger partial charge in [-0.3, -0.25) is 9.59 Å². The molecule has 0 aliphatic carbocycles. The molecule has 14 N–H and O–H groups in total. The van der Waals surface area contributed by atoms with Crippen molar-refractivity contribution in [2.45, 2.75) is 39.5 Å². The van der Waals surface area contributed by atoms with Crippen molar-refractivity contribution < 1.29 is 36.6 Å². The van der Waals surface area contributed by atoms with Crippen molar-refractivity contribution in [3.63, 3.8) is 0 Å². The molecule has 0 amide bonds. The molecule has 0 aliphatic heterocycles. The van der Waals surface area contributed by atoms with Crippen LogP contribution in [-0.4, -0.2) is 22.2 Å². The van der Waals surface area contributed by atoms with E-state index in [-0.39, 0.29) is 41.4 Å². The van der Waals surface area contributed by atoms with Crippen LogP contribution < -0.4 is 24.6 Å². The number of rotatable bonds is 4. The summed E-state index contributed by atoms with van der Waals surface area (Å²) in [6, 6.07) is 0. The predicted octanol–water partition coefficient (Wildman–Crippen LogP) is 2.39. The molecule has 0 aromatic rings. The van der Waals surface area contributed by atoms with Crippen molar-refractivity contribution in [1.82, 2.24) is 24.6 Å². The van der Waals surface area contributed by atoms with Gasteiger partial charge >= 0.3 is 11.9 Å². The zero-order chi connectivity index (χ0) is 9.98. The van der Waals surface area contributed by atoms with Crippen LogP contribution in [0.3, 0.4) is 0 Å². The van der Waals surface area contributed by atoms with Gasteiger partial charge in [0.1, 0.15) is 0 Å². The summed E-state index contributed by atoms with van der Waals surface area (Å²) in [7, 11) is 0. The van der Waals surface area contributed by atoms with Gasteiger partial charge < -0.3 is 34.8 Å². The van der Waals surface area contributed by atoms with Crippen LogP contribution in [0.2, 0.25) is 0 Å². The largest absolute Gasteiger partial charge is 0.481 e. The van der Waals surface area contributed by atoms with Gasteiger partial charge in [0.2, 0.25) is 0 Å². The molecule has 9 heteroatoms. The van der Waals surface area contributed by atoms with E-state index in [0.717, 1.165) is 12.8 Å². The van der Waals surface area contributed by atoms with Crippen molar-refractivity contribution in [2.75, 3.05) is 0 Å². The maximum atomic E-state index is 9.60. The normalized spacial score (nSPS) is 5.76. The predicted molar refractivity (Wildman–Crippen MR) is 65.2 cm³/mol. The zero-order valence-corrected chi connectivity index (χ0v) is 11.7. The van der Waals surface area contributed by atoms with Crippen molar-refractivity contribution in [3.05, 3.63) is 0 Å². The van der Waals surface area contributed by atoms with E-state index in [1.807, 2.05) is 13.8 Å². The minimum Gasteiger partial charge on any atom is -0.481 e. The van der Waals surface area contributed by atoms with Gasteiger partial charge in [-0.2, -0.15) is 0 Å². The Hall–Kier alpha value is -0.714. The molecule has 113 valence electrons. The Morgan fingerprint density at radius 2 is 0.941 bits per heavy atom. The van der Waals surface area contributed by atoms with Gasteiger partial charge in [-0.1, -0.05) is 13.8 Å². The van der Waals surface area contributed by atoms with Crippen LogP contribution >= 0.6 is 0 Å². The summed E-state index contributed by atoms with van der Waals surface area (Å²) < 4.78 is 0. The maximum absolute atomic E-state index is 9.60. The van der Waals surface area contributed by atoms with Crippen LogP contribution in [0.15, 0.2) is 0 Å². The minimum atomic E-state index is -0.711. The number of carbonyl (C=O) groups is 2. The standard InChI is InChI=1S/2C4H8O2.Co.4H3N/c2*1-2-3-4(5)6;;;;;/h2*2-3H2,1H3,(H,5,6);;4*1H3. The Morgan fingerprint density at radius 1 is 0.765 bits per heavy atom. The summed E-state index contributed by atoms with van der Waals surface area (Å²) in [6.45, 7) is 3.68. The molecule has 0 aromatic heterocycles. The quantitative estimate of drug-likeness (QED) is 0.451. The Morgan fingerprint density at radius 3 is 0.941 bits per heavy atom. The van der Waals surface area contributed by atoms with E-state index < -0.39 is 11.9 Å². The number of carboxylic acid groups (broad SMARTS) is 2. The summed E-state index contributed by atoms with van der Waals surface area (Å²) in [4.78, 5) is 19.2. The van der Waals surface area contributed by atoms with Gasteiger partial charge in [-0.25, -0.2) is 0 Å². The Bertz CT molecular complexity index is 133. The molecule has 0 saturated carbocycles. The Kier molecular flexibility index (Phi) is 93.9. The Balaban J connectivity index is -0.0000000182. The molecule has 0 unspecified atom stereocenters. The van der Waals surface area contributed by atoms with Crippen LogP contribution in [0.25, 0.3) is 0 Å². The molecule has 0 aliphatic rings. The van der Waals surface area contributed by atoms with E-state index in [1.165, 1.54) is 0 Å². The van der Waals surface area contributed by atoms with Gasteiger partial charge in [0.25, 0.3) is 0 Å². The third kappa shape index (κ3) is 96.6. The van der Waals surface area contributed by atoms with Crippen LogP contribution in [0.5, 0.6) is 0 Å². The number of hydrogen-bond acceptors (Lipinski definition) is 6. The zero-order valence-electron chi connectivity index (χ0n) is 10.7. The second-order valence-corrected chi connectivity index (χ2v) is 2.29. The number of carboxylic acids is 2. The van der Waals surface area contributed by atoms with Crippen LogP contribution in [0.4, 0.5) is 0 Å². The molecular formula is C8H28CoN4O4. The van der Waals surface area contributed by atoms with Gasteiger partial charge in [0.05, 0.1) is 0 Å². The SMILES string of the molecule is CCCC(=O)O.CCCC(=O)O.N.N.N.N.[Co]. The fraction of sp³-hybridized carbons (Fsp3) is 0.750. The monoisotopic (exact) mass is 303 g/mol. The van der Waals surface area contributed by atoms with Gasteiger partial charge in [0, 0.05) is 29.6 Å². The summed E-state index contributed by atoms with van der Waals surface area (Å²) in [5, 5.41) is 15.8. The number of aliphatic carboxylic acids is 2. The van der Waals surface area contributed by atoms with Crippen molar-refractivity contribution in [3.8, 4) is 0 Å². The third-order valence-corrected chi connectivity index (χ3v) is 0.928. The summed E-state index contributed by atoms with van der Waals surface area (Å²) in [5.74, 6) is -1.42. The molecule has 0 fully saturated rings. The molecular weight excluding hydrogens is 275 g/mol. The van der Waals surface area contributed by atoms with Gasteiger partial charge in [-0.15, -0.1) is 0 Å². The molecule has 0 atom stereocenters. The fourth-order valence-electron chi connectivity index (χ4n) is 0.428. The molecule has 0 heterocycles. The molecule has 0 bridgehead atoms. The second-order valence-electron chi connectivity index (χ2n) is 2.29. The maximum Gasteiger partial charge on any atom is 0.303 e. The summed E-state index contributed by atoms with van der Waals surface area (Å²) in [5.41, 5.74) is 0. The van der Waals surface area contributed by atoms with Crippen molar-refractivity contribution >= 4 is 11.9 Å². The molecule has 0 aromatic carbocycles. The first kappa shape index (κ1) is 44.1. The molecule has 0 spiro atoms. The Labute approximate surface area is 113 Å².